The Morgan fingerprint density at radius 3 is 3.05 bits per heavy atom. The predicted octanol–water partition coefficient (Wildman–Crippen LogP) is 2.59. The third-order valence-corrected chi connectivity index (χ3v) is 3.61. The van der Waals surface area contributed by atoms with Crippen LogP contribution in [0.5, 0.6) is 5.75 Å². The highest BCUT2D eigenvalue weighted by Gasteiger charge is 2.18. The monoisotopic (exact) mass is 275 g/mol. The normalized spacial score (nSPS) is 20.0. The smallest absolute Gasteiger partial charge is 0.194 e. The molecule has 1 fully saturated rings. The number of nitrogens with one attached hydrogen (secondary N) is 1. The summed E-state index contributed by atoms with van der Waals surface area (Å²) in [4.78, 5) is 7.05. The average Bonchev–Trinajstić information content (AvgIpc) is 2.43. The topological polar surface area (TPSA) is 47.9 Å². The van der Waals surface area contributed by atoms with Crippen molar-refractivity contribution >= 4 is 5.96 Å². The first-order chi connectivity index (χ1) is 9.69. The van der Waals surface area contributed by atoms with Crippen LogP contribution in [0.1, 0.15) is 32.3 Å². The highest BCUT2D eigenvalue weighted by molar-refractivity contribution is 5.80. The number of rotatable bonds is 3. The van der Waals surface area contributed by atoms with E-state index in [2.05, 4.69) is 24.1 Å². The van der Waals surface area contributed by atoms with Crippen LogP contribution in [-0.2, 0) is 6.54 Å². The standard InChI is InChI=1S/C16H25N3O/c1-3-17-16(19-9-5-6-13(2)12-19)18-11-14-7-4-8-15(20)10-14/h4,7-8,10,13,20H,3,5-6,9,11-12H2,1-2H3,(H,17,18). The van der Waals surface area contributed by atoms with Gasteiger partial charge in [0.05, 0.1) is 6.54 Å². The minimum absolute atomic E-state index is 0.300. The Hall–Kier alpha value is -1.71. The second kappa shape index (κ2) is 7.17. The molecule has 2 rings (SSSR count). The van der Waals surface area contributed by atoms with Crippen molar-refractivity contribution in [2.24, 2.45) is 10.9 Å². The molecule has 1 aliphatic heterocycles. The van der Waals surface area contributed by atoms with Crippen LogP contribution in [0.2, 0.25) is 0 Å². The molecule has 1 saturated heterocycles. The van der Waals surface area contributed by atoms with Crippen molar-refractivity contribution < 1.29 is 5.11 Å². The fourth-order valence-electron chi connectivity index (χ4n) is 2.63. The third-order valence-electron chi connectivity index (χ3n) is 3.61. The Morgan fingerprint density at radius 1 is 1.50 bits per heavy atom. The van der Waals surface area contributed by atoms with E-state index in [0.717, 1.165) is 37.1 Å². The van der Waals surface area contributed by atoms with Gasteiger partial charge in [-0.15, -0.1) is 0 Å². The van der Waals surface area contributed by atoms with E-state index in [1.165, 1.54) is 12.8 Å². The van der Waals surface area contributed by atoms with Crippen LogP contribution >= 0.6 is 0 Å². The molecule has 4 heteroatoms. The zero-order chi connectivity index (χ0) is 14.4. The molecule has 0 radical (unpaired) electrons. The molecule has 0 aromatic heterocycles. The number of phenols is 1. The number of benzene rings is 1. The minimum Gasteiger partial charge on any atom is -0.508 e. The van der Waals surface area contributed by atoms with Crippen molar-refractivity contribution in [1.29, 1.82) is 0 Å². The number of guanidine groups is 1. The fraction of sp³-hybridized carbons (Fsp3) is 0.562. The van der Waals surface area contributed by atoms with Crippen LogP contribution in [0.15, 0.2) is 29.3 Å². The van der Waals surface area contributed by atoms with Gasteiger partial charge in [-0.2, -0.15) is 0 Å². The molecule has 0 spiro atoms. The number of phenolic OH excluding ortho intramolecular Hbond substituents is 1. The zero-order valence-electron chi connectivity index (χ0n) is 12.5. The molecular formula is C16H25N3O. The summed E-state index contributed by atoms with van der Waals surface area (Å²) >= 11 is 0. The van der Waals surface area contributed by atoms with Crippen molar-refractivity contribution in [3.05, 3.63) is 29.8 Å². The molecule has 1 heterocycles. The van der Waals surface area contributed by atoms with Gasteiger partial charge < -0.3 is 15.3 Å². The summed E-state index contributed by atoms with van der Waals surface area (Å²) in [5, 5.41) is 12.9. The van der Waals surface area contributed by atoms with Gasteiger partial charge >= 0.3 is 0 Å². The number of aromatic hydroxyl groups is 1. The number of hydrogen-bond acceptors (Lipinski definition) is 2. The van der Waals surface area contributed by atoms with Crippen molar-refractivity contribution in [3.8, 4) is 5.75 Å². The van der Waals surface area contributed by atoms with E-state index < -0.39 is 0 Å². The Morgan fingerprint density at radius 2 is 2.35 bits per heavy atom. The molecule has 1 unspecified atom stereocenters. The quantitative estimate of drug-likeness (QED) is 0.658. The lowest BCUT2D eigenvalue weighted by Gasteiger charge is -2.33. The Balaban J connectivity index is 2.05. The van der Waals surface area contributed by atoms with Gasteiger partial charge in [0.1, 0.15) is 5.75 Å². The molecule has 4 nitrogen and oxygen atoms in total. The van der Waals surface area contributed by atoms with Gasteiger partial charge in [0, 0.05) is 19.6 Å². The maximum atomic E-state index is 9.49. The van der Waals surface area contributed by atoms with Crippen LogP contribution in [0.3, 0.4) is 0 Å². The van der Waals surface area contributed by atoms with E-state index in [4.69, 9.17) is 4.99 Å². The lowest BCUT2D eigenvalue weighted by atomic mass is 10.0. The van der Waals surface area contributed by atoms with Crippen LogP contribution in [-0.4, -0.2) is 35.6 Å². The van der Waals surface area contributed by atoms with E-state index in [0.29, 0.717) is 12.3 Å². The van der Waals surface area contributed by atoms with E-state index in [9.17, 15) is 5.11 Å². The number of likely N-dealkylation sites (tertiary alicyclic amines) is 1. The molecule has 0 bridgehead atoms. The first-order valence-electron chi connectivity index (χ1n) is 7.50. The number of nitrogens with zero attached hydrogens (tertiary/aromatic N) is 2. The van der Waals surface area contributed by atoms with Crippen LogP contribution in [0, 0.1) is 5.92 Å². The summed E-state index contributed by atoms with van der Waals surface area (Å²) in [6, 6.07) is 7.30. The molecule has 2 N–H and O–H groups in total. The highest BCUT2D eigenvalue weighted by Crippen LogP contribution is 2.16. The zero-order valence-corrected chi connectivity index (χ0v) is 12.5. The second-order valence-corrected chi connectivity index (χ2v) is 5.53. The lowest BCUT2D eigenvalue weighted by molar-refractivity contribution is 0.266. The highest BCUT2D eigenvalue weighted by atomic mass is 16.3. The van der Waals surface area contributed by atoms with Crippen LogP contribution in [0.4, 0.5) is 0 Å². The van der Waals surface area contributed by atoms with Crippen molar-refractivity contribution in [2.75, 3.05) is 19.6 Å². The molecule has 1 aliphatic rings. The maximum absolute atomic E-state index is 9.49. The first kappa shape index (κ1) is 14.7. The number of aliphatic imine (C=N–C) groups is 1. The Labute approximate surface area is 121 Å². The molecule has 1 aromatic rings. The average molecular weight is 275 g/mol. The van der Waals surface area contributed by atoms with E-state index in [1.807, 2.05) is 12.1 Å². The van der Waals surface area contributed by atoms with Crippen molar-refractivity contribution in [2.45, 2.75) is 33.2 Å². The van der Waals surface area contributed by atoms with Gasteiger partial charge in [-0.25, -0.2) is 4.99 Å². The lowest BCUT2D eigenvalue weighted by Crippen LogP contribution is -2.46. The minimum atomic E-state index is 0.300. The molecule has 110 valence electrons. The van der Waals surface area contributed by atoms with Gasteiger partial charge in [-0.3, -0.25) is 0 Å². The molecule has 20 heavy (non-hydrogen) atoms. The maximum Gasteiger partial charge on any atom is 0.194 e. The molecule has 1 atom stereocenters. The van der Waals surface area contributed by atoms with E-state index in [-0.39, 0.29) is 0 Å². The molecule has 1 aromatic carbocycles. The van der Waals surface area contributed by atoms with Gasteiger partial charge in [-0.05, 0) is 43.4 Å². The third kappa shape index (κ3) is 4.15. The summed E-state index contributed by atoms with van der Waals surface area (Å²) in [5.74, 6) is 2.02. The molecule has 0 aliphatic carbocycles. The Kier molecular flexibility index (Phi) is 5.27. The van der Waals surface area contributed by atoms with Crippen molar-refractivity contribution in [1.82, 2.24) is 10.2 Å². The van der Waals surface area contributed by atoms with Gasteiger partial charge in [0.15, 0.2) is 5.96 Å². The first-order valence-corrected chi connectivity index (χ1v) is 7.50. The summed E-state index contributed by atoms with van der Waals surface area (Å²) in [5.41, 5.74) is 1.03. The summed E-state index contributed by atoms with van der Waals surface area (Å²) in [6.45, 7) is 8.02. The van der Waals surface area contributed by atoms with Gasteiger partial charge in [-0.1, -0.05) is 19.1 Å². The van der Waals surface area contributed by atoms with E-state index >= 15 is 0 Å². The van der Waals surface area contributed by atoms with Crippen LogP contribution in [0.25, 0.3) is 0 Å². The summed E-state index contributed by atoms with van der Waals surface area (Å²) < 4.78 is 0. The number of hydrogen-bond donors (Lipinski definition) is 2. The largest absolute Gasteiger partial charge is 0.508 e. The molecule has 0 saturated carbocycles. The van der Waals surface area contributed by atoms with Gasteiger partial charge in [0.25, 0.3) is 0 Å². The van der Waals surface area contributed by atoms with E-state index in [1.54, 1.807) is 12.1 Å². The van der Waals surface area contributed by atoms with Gasteiger partial charge in [0.2, 0.25) is 0 Å². The molecule has 0 amide bonds. The van der Waals surface area contributed by atoms with Crippen LogP contribution < -0.4 is 5.32 Å². The summed E-state index contributed by atoms with van der Waals surface area (Å²) in [6.07, 6.45) is 2.54. The SMILES string of the molecule is CCNC(=NCc1cccc(O)c1)N1CCCC(C)C1. The fourth-order valence-corrected chi connectivity index (χ4v) is 2.63. The van der Waals surface area contributed by atoms with Crippen molar-refractivity contribution in [3.63, 3.8) is 0 Å². The Bertz CT molecular complexity index is 459. The predicted molar refractivity (Wildman–Crippen MR) is 82.9 cm³/mol. The summed E-state index contributed by atoms with van der Waals surface area (Å²) in [7, 11) is 0. The number of piperidine rings is 1. The molecular weight excluding hydrogens is 250 g/mol. The second-order valence-electron chi connectivity index (χ2n) is 5.53.